The van der Waals surface area contributed by atoms with Crippen molar-refractivity contribution in [1.82, 2.24) is 5.32 Å². The normalized spacial score (nSPS) is 13.8. The molecule has 74 valence electrons. The first kappa shape index (κ1) is 12.3. The second kappa shape index (κ2) is 7.90. The SMILES string of the molecule is CSCCNC(CCO)C(C)C. The molecule has 0 heterocycles. The van der Waals surface area contributed by atoms with Crippen LogP contribution >= 0.6 is 11.8 Å². The van der Waals surface area contributed by atoms with E-state index in [4.69, 9.17) is 5.11 Å². The summed E-state index contributed by atoms with van der Waals surface area (Å²) < 4.78 is 0. The third-order valence-corrected chi connectivity index (χ3v) is 2.57. The number of nitrogens with one attached hydrogen (secondary N) is 1. The molecule has 0 saturated carbocycles. The summed E-state index contributed by atoms with van der Waals surface area (Å²) in [5, 5.41) is 12.2. The van der Waals surface area contributed by atoms with E-state index < -0.39 is 0 Å². The lowest BCUT2D eigenvalue weighted by molar-refractivity contribution is 0.246. The van der Waals surface area contributed by atoms with Gasteiger partial charge in [-0.05, 0) is 18.6 Å². The number of aliphatic hydroxyl groups is 1. The molecule has 0 aromatic heterocycles. The minimum atomic E-state index is 0.287. The fourth-order valence-corrected chi connectivity index (χ4v) is 1.48. The lowest BCUT2D eigenvalue weighted by Gasteiger charge is -2.21. The van der Waals surface area contributed by atoms with Gasteiger partial charge in [-0.3, -0.25) is 0 Å². The third kappa shape index (κ3) is 5.86. The Morgan fingerprint density at radius 1 is 1.42 bits per heavy atom. The molecule has 1 atom stereocenters. The van der Waals surface area contributed by atoms with Crippen molar-refractivity contribution >= 4 is 11.8 Å². The first-order chi connectivity index (χ1) is 5.72. The fourth-order valence-electron chi connectivity index (χ4n) is 1.16. The summed E-state index contributed by atoms with van der Waals surface area (Å²) in [7, 11) is 0. The summed E-state index contributed by atoms with van der Waals surface area (Å²) >= 11 is 1.85. The Morgan fingerprint density at radius 3 is 2.50 bits per heavy atom. The van der Waals surface area contributed by atoms with Crippen molar-refractivity contribution in [2.75, 3.05) is 25.2 Å². The molecule has 1 unspecified atom stereocenters. The molecule has 0 aromatic carbocycles. The zero-order valence-electron chi connectivity index (χ0n) is 8.34. The van der Waals surface area contributed by atoms with Crippen molar-refractivity contribution < 1.29 is 5.11 Å². The summed E-state index contributed by atoms with van der Waals surface area (Å²) in [6, 6.07) is 0.474. The monoisotopic (exact) mass is 191 g/mol. The van der Waals surface area contributed by atoms with Crippen LogP contribution in [-0.4, -0.2) is 36.3 Å². The Balaban J connectivity index is 3.49. The van der Waals surface area contributed by atoms with Crippen LogP contribution in [0.5, 0.6) is 0 Å². The highest BCUT2D eigenvalue weighted by atomic mass is 32.2. The van der Waals surface area contributed by atoms with Crippen LogP contribution in [0.4, 0.5) is 0 Å². The van der Waals surface area contributed by atoms with Crippen molar-refractivity contribution in [3.63, 3.8) is 0 Å². The van der Waals surface area contributed by atoms with Gasteiger partial charge in [0.2, 0.25) is 0 Å². The maximum Gasteiger partial charge on any atom is 0.0445 e. The molecular weight excluding hydrogens is 170 g/mol. The largest absolute Gasteiger partial charge is 0.396 e. The maximum atomic E-state index is 8.80. The van der Waals surface area contributed by atoms with Gasteiger partial charge in [-0.1, -0.05) is 13.8 Å². The van der Waals surface area contributed by atoms with Crippen LogP contribution < -0.4 is 5.32 Å². The average molecular weight is 191 g/mol. The standard InChI is InChI=1S/C9H21NOS/c1-8(2)9(4-6-11)10-5-7-12-3/h8-11H,4-7H2,1-3H3. The van der Waals surface area contributed by atoms with E-state index in [-0.39, 0.29) is 6.61 Å². The van der Waals surface area contributed by atoms with E-state index >= 15 is 0 Å². The molecule has 0 radical (unpaired) electrons. The lowest BCUT2D eigenvalue weighted by atomic mass is 10.0. The Kier molecular flexibility index (Phi) is 8.07. The second-order valence-corrected chi connectivity index (χ2v) is 4.30. The smallest absolute Gasteiger partial charge is 0.0445 e. The zero-order chi connectivity index (χ0) is 9.40. The average Bonchev–Trinajstić information content (AvgIpc) is 2.03. The minimum Gasteiger partial charge on any atom is -0.396 e. The molecule has 0 bridgehead atoms. The molecule has 0 rings (SSSR count). The van der Waals surface area contributed by atoms with Crippen molar-refractivity contribution in [2.45, 2.75) is 26.3 Å². The Labute approximate surface area is 80.1 Å². The van der Waals surface area contributed by atoms with E-state index in [1.54, 1.807) is 0 Å². The number of rotatable bonds is 7. The van der Waals surface area contributed by atoms with Gasteiger partial charge in [-0.2, -0.15) is 11.8 Å². The van der Waals surface area contributed by atoms with Gasteiger partial charge in [-0.15, -0.1) is 0 Å². The summed E-state index contributed by atoms with van der Waals surface area (Å²) in [6.45, 7) is 5.71. The van der Waals surface area contributed by atoms with E-state index in [1.165, 1.54) is 0 Å². The molecule has 0 aliphatic rings. The summed E-state index contributed by atoms with van der Waals surface area (Å²) in [5.41, 5.74) is 0. The summed E-state index contributed by atoms with van der Waals surface area (Å²) in [5.74, 6) is 1.76. The van der Waals surface area contributed by atoms with E-state index in [1.807, 2.05) is 11.8 Å². The Hall–Kier alpha value is 0.270. The van der Waals surface area contributed by atoms with Gasteiger partial charge in [0.25, 0.3) is 0 Å². The van der Waals surface area contributed by atoms with E-state index in [0.717, 1.165) is 18.7 Å². The number of hydrogen-bond acceptors (Lipinski definition) is 3. The van der Waals surface area contributed by atoms with Crippen LogP contribution in [0.15, 0.2) is 0 Å². The molecule has 2 nitrogen and oxygen atoms in total. The van der Waals surface area contributed by atoms with E-state index in [9.17, 15) is 0 Å². The van der Waals surface area contributed by atoms with Crippen LogP contribution in [0.3, 0.4) is 0 Å². The molecule has 0 fully saturated rings. The highest BCUT2D eigenvalue weighted by Crippen LogP contribution is 2.05. The van der Waals surface area contributed by atoms with Crippen LogP contribution in [0, 0.1) is 5.92 Å². The highest BCUT2D eigenvalue weighted by molar-refractivity contribution is 7.98. The van der Waals surface area contributed by atoms with Gasteiger partial charge in [-0.25, -0.2) is 0 Å². The number of aliphatic hydroxyl groups excluding tert-OH is 1. The molecule has 0 aliphatic carbocycles. The first-order valence-electron chi connectivity index (χ1n) is 4.55. The van der Waals surface area contributed by atoms with E-state index in [0.29, 0.717) is 12.0 Å². The molecule has 0 spiro atoms. The fraction of sp³-hybridized carbons (Fsp3) is 1.00. The molecule has 2 N–H and O–H groups in total. The molecule has 0 saturated heterocycles. The number of hydrogen-bond donors (Lipinski definition) is 2. The van der Waals surface area contributed by atoms with Gasteiger partial charge in [0.15, 0.2) is 0 Å². The predicted molar refractivity (Wildman–Crippen MR) is 56.7 cm³/mol. The van der Waals surface area contributed by atoms with Crippen molar-refractivity contribution in [3.05, 3.63) is 0 Å². The molecule has 3 heteroatoms. The molecule has 0 aliphatic heterocycles. The summed E-state index contributed by atoms with van der Waals surface area (Å²) in [6.07, 6.45) is 2.98. The van der Waals surface area contributed by atoms with Crippen LogP contribution in [0.2, 0.25) is 0 Å². The van der Waals surface area contributed by atoms with Gasteiger partial charge in [0.1, 0.15) is 0 Å². The van der Waals surface area contributed by atoms with Gasteiger partial charge < -0.3 is 10.4 Å². The highest BCUT2D eigenvalue weighted by Gasteiger charge is 2.10. The lowest BCUT2D eigenvalue weighted by Crippen LogP contribution is -2.36. The second-order valence-electron chi connectivity index (χ2n) is 3.31. The number of thioether (sulfide) groups is 1. The quantitative estimate of drug-likeness (QED) is 0.596. The minimum absolute atomic E-state index is 0.287. The van der Waals surface area contributed by atoms with Gasteiger partial charge >= 0.3 is 0 Å². The van der Waals surface area contributed by atoms with Gasteiger partial charge in [0, 0.05) is 24.9 Å². The van der Waals surface area contributed by atoms with Crippen molar-refractivity contribution in [2.24, 2.45) is 5.92 Å². The van der Waals surface area contributed by atoms with Crippen LogP contribution in [-0.2, 0) is 0 Å². The topological polar surface area (TPSA) is 32.3 Å². The maximum absolute atomic E-state index is 8.80. The van der Waals surface area contributed by atoms with Crippen molar-refractivity contribution in [3.8, 4) is 0 Å². The predicted octanol–water partition coefficient (Wildman–Crippen LogP) is 1.35. The van der Waals surface area contributed by atoms with Gasteiger partial charge in [0.05, 0.1) is 0 Å². The summed E-state index contributed by atoms with van der Waals surface area (Å²) in [4.78, 5) is 0. The molecule has 12 heavy (non-hydrogen) atoms. The Morgan fingerprint density at radius 2 is 2.08 bits per heavy atom. The van der Waals surface area contributed by atoms with Crippen LogP contribution in [0.25, 0.3) is 0 Å². The van der Waals surface area contributed by atoms with E-state index in [2.05, 4.69) is 25.4 Å². The third-order valence-electron chi connectivity index (χ3n) is 1.96. The first-order valence-corrected chi connectivity index (χ1v) is 5.95. The van der Waals surface area contributed by atoms with Crippen LogP contribution in [0.1, 0.15) is 20.3 Å². The zero-order valence-corrected chi connectivity index (χ0v) is 9.16. The Bertz CT molecular complexity index is 98.5. The molecule has 0 amide bonds. The van der Waals surface area contributed by atoms with Crippen molar-refractivity contribution in [1.29, 1.82) is 0 Å². The molecular formula is C9H21NOS. The molecule has 0 aromatic rings.